The number of rotatable bonds is 6. The van der Waals surface area contributed by atoms with Crippen LogP contribution in [-0.2, 0) is 38.1 Å². The standard InChI is InChI=1S/2C6H10O4S/c2*1-9-5(7)3-4(11)6(8)10-2/h2*4,11H,3H2,1-2H3. The smallest absolute Gasteiger partial charge is 0.319 e. The van der Waals surface area contributed by atoms with Crippen LogP contribution in [0.2, 0.25) is 0 Å². The number of hydrogen-bond acceptors (Lipinski definition) is 10. The van der Waals surface area contributed by atoms with Crippen molar-refractivity contribution in [3.05, 3.63) is 0 Å². The minimum atomic E-state index is -0.729. The monoisotopic (exact) mass is 356 g/mol. The molecule has 22 heavy (non-hydrogen) atoms. The number of carbonyl (C=O) groups excluding carboxylic acids is 4. The van der Waals surface area contributed by atoms with Crippen molar-refractivity contribution in [1.82, 2.24) is 0 Å². The molecule has 0 spiro atoms. The van der Waals surface area contributed by atoms with Crippen LogP contribution in [0.3, 0.4) is 0 Å². The Morgan fingerprint density at radius 1 is 0.682 bits per heavy atom. The molecule has 0 aromatic heterocycles. The summed E-state index contributed by atoms with van der Waals surface area (Å²) < 4.78 is 17.3. The highest BCUT2D eigenvalue weighted by Crippen LogP contribution is 2.04. The van der Waals surface area contributed by atoms with Gasteiger partial charge in [-0.1, -0.05) is 0 Å². The predicted molar refractivity (Wildman–Crippen MR) is 82.8 cm³/mol. The average Bonchev–Trinajstić information content (AvgIpc) is 2.52. The SMILES string of the molecule is COC(=O)CC(S)C(=O)OC.COC(=O)CC(S)C(=O)OC. The number of carbonyl (C=O) groups is 4. The molecule has 0 aliphatic heterocycles. The van der Waals surface area contributed by atoms with Gasteiger partial charge < -0.3 is 18.9 Å². The van der Waals surface area contributed by atoms with E-state index in [2.05, 4.69) is 44.2 Å². The van der Waals surface area contributed by atoms with E-state index in [0.29, 0.717) is 0 Å². The minimum Gasteiger partial charge on any atom is -0.469 e. The molecule has 0 bridgehead atoms. The molecule has 0 aromatic carbocycles. The summed E-state index contributed by atoms with van der Waals surface area (Å²) >= 11 is 7.65. The molecule has 128 valence electrons. The molecular formula is C12H20O8S2. The van der Waals surface area contributed by atoms with Crippen molar-refractivity contribution in [2.75, 3.05) is 28.4 Å². The first-order valence-corrected chi connectivity index (χ1v) is 6.92. The summed E-state index contributed by atoms with van der Waals surface area (Å²) in [6, 6.07) is 0. The van der Waals surface area contributed by atoms with Crippen molar-refractivity contribution in [2.24, 2.45) is 0 Å². The molecule has 0 fully saturated rings. The van der Waals surface area contributed by atoms with Gasteiger partial charge in [-0.2, -0.15) is 25.3 Å². The second-order valence-electron chi connectivity index (χ2n) is 3.64. The summed E-state index contributed by atoms with van der Waals surface area (Å²) in [6.45, 7) is 0. The van der Waals surface area contributed by atoms with Gasteiger partial charge in [-0.3, -0.25) is 19.2 Å². The van der Waals surface area contributed by atoms with Crippen molar-refractivity contribution in [3.8, 4) is 0 Å². The molecule has 0 saturated carbocycles. The molecule has 10 heteroatoms. The Hall–Kier alpha value is -1.42. The number of thiol groups is 2. The summed E-state index contributed by atoms with van der Waals surface area (Å²) in [7, 11) is 4.98. The normalized spacial score (nSPS) is 11.9. The first-order valence-electron chi connectivity index (χ1n) is 5.88. The fourth-order valence-corrected chi connectivity index (χ4v) is 1.43. The highest BCUT2D eigenvalue weighted by Gasteiger charge is 2.18. The first-order chi connectivity index (χ1) is 10.2. The van der Waals surface area contributed by atoms with E-state index in [1.165, 1.54) is 28.4 Å². The van der Waals surface area contributed by atoms with Gasteiger partial charge in [-0.05, 0) is 0 Å². The Labute approximate surface area is 139 Å². The molecule has 2 atom stereocenters. The van der Waals surface area contributed by atoms with E-state index in [0.717, 1.165) is 0 Å². The van der Waals surface area contributed by atoms with E-state index in [9.17, 15) is 19.2 Å². The highest BCUT2D eigenvalue weighted by molar-refractivity contribution is 7.82. The zero-order chi connectivity index (χ0) is 17.7. The van der Waals surface area contributed by atoms with Crippen LogP contribution in [-0.4, -0.2) is 62.8 Å². The molecular weight excluding hydrogens is 336 g/mol. The van der Waals surface area contributed by atoms with Gasteiger partial charge in [0.15, 0.2) is 0 Å². The van der Waals surface area contributed by atoms with Gasteiger partial charge in [0.05, 0.1) is 41.3 Å². The Morgan fingerprint density at radius 3 is 1.14 bits per heavy atom. The topological polar surface area (TPSA) is 105 Å². The molecule has 0 aliphatic carbocycles. The zero-order valence-corrected chi connectivity index (χ0v) is 14.5. The Morgan fingerprint density at radius 2 is 0.955 bits per heavy atom. The van der Waals surface area contributed by atoms with Crippen LogP contribution in [0, 0.1) is 0 Å². The third-order valence-electron chi connectivity index (χ3n) is 2.12. The Bertz CT molecular complexity index is 349. The van der Waals surface area contributed by atoms with E-state index < -0.39 is 34.4 Å². The van der Waals surface area contributed by atoms with Crippen LogP contribution < -0.4 is 0 Å². The Balaban J connectivity index is 0. The second-order valence-corrected chi connectivity index (χ2v) is 4.89. The molecule has 0 heterocycles. The molecule has 0 N–H and O–H groups in total. The summed E-state index contributed by atoms with van der Waals surface area (Å²) in [5.41, 5.74) is 0. The van der Waals surface area contributed by atoms with Gasteiger partial charge in [0.1, 0.15) is 10.5 Å². The molecule has 0 aliphatic rings. The molecule has 8 nitrogen and oxygen atoms in total. The molecule has 0 radical (unpaired) electrons. The lowest BCUT2D eigenvalue weighted by atomic mass is 10.3. The van der Waals surface area contributed by atoms with Crippen molar-refractivity contribution >= 4 is 49.1 Å². The first kappa shape index (κ1) is 22.9. The molecule has 0 amide bonds. The zero-order valence-electron chi connectivity index (χ0n) is 12.7. The lowest BCUT2D eigenvalue weighted by Gasteiger charge is -2.05. The third-order valence-corrected chi connectivity index (χ3v) is 2.91. The number of methoxy groups -OCH3 is 4. The van der Waals surface area contributed by atoms with Gasteiger partial charge in [-0.25, -0.2) is 0 Å². The molecule has 0 rings (SSSR count). The quantitative estimate of drug-likeness (QED) is 0.390. The average molecular weight is 356 g/mol. The third kappa shape index (κ3) is 11.3. The Kier molecular flexibility index (Phi) is 13.8. The van der Waals surface area contributed by atoms with Gasteiger partial charge in [0.25, 0.3) is 0 Å². The molecule has 0 saturated heterocycles. The van der Waals surface area contributed by atoms with Crippen LogP contribution >= 0.6 is 25.3 Å². The van der Waals surface area contributed by atoms with Crippen LogP contribution in [0.1, 0.15) is 12.8 Å². The summed E-state index contributed by atoms with van der Waals surface area (Å²) in [6.07, 6.45) is -0.126. The summed E-state index contributed by atoms with van der Waals surface area (Å²) in [5, 5.41) is -1.46. The maximum atomic E-state index is 10.7. The fraction of sp³-hybridized carbons (Fsp3) is 0.667. The maximum absolute atomic E-state index is 10.7. The van der Waals surface area contributed by atoms with Crippen molar-refractivity contribution in [2.45, 2.75) is 23.3 Å². The van der Waals surface area contributed by atoms with Gasteiger partial charge in [0, 0.05) is 0 Å². The largest absolute Gasteiger partial charge is 0.469 e. The van der Waals surface area contributed by atoms with Gasteiger partial charge in [-0.15, -0.1) is 0 Å². The predicted octanol–water partition coefficient (Wildman–Crippen LogP) is 0.0418. The van der Waals surface area contributed by atoms with Crippen LogP contribution in [0.5, 0.6) is 0 Å². The maximum Gasteiger partial charge on any atom is 0.319 e. The number of ether oxygens (including phenoxy) is 4. The molecule has 0 aromatic rings. The van der Waals surface area contributed by atoms with Gasteiger partial charge in [0.2, 0.25) is 0 Å². The van der Waals surface area contributed by atoms with E-state index in [1.54, 1.807) is 0 Å². The number of hydrogen-bond donors (Lipinski definition) is 2. The van der Waals surface area contributed by atoms with E-state index in [1.807, 2.05) is 0 Å². The van der Waals surface area contributed by atoms with Gasteiger partial charge >= 0.3 is 23.9 Å². The minimum absolute atomic E-state index is 0.0632. The lowest BCUT2D eigenvalue weighted by molar-refractivity contribution is -0.146. The second kappa shape index (κ2) is 13.3. The highest BCUT2D eigenvalue weighted by atomic mass is 32.1. The lowest BCUT2D eigenvalue weighted by Crippen LogP contribution is -2.20. The number of esters is 4. The van der Waals surface area contributed by atoms with E-state index >= 15 is 0 Å². The van der Waals surface area contributed by atoms with Crippen LogP contribution in [0.25, 0.3) is 0 Å². The van der Waals surface area contributed by atoms with E-state index in [-0.39, 0.29) is 12.8 Å². The van der Waals surface area contributed by atoms with Crippen LogP contribution in [0.15, 0.2) is 0 Å². The van der Waals surface area contributed by atoms with Crippen LogP contribution in [0.4, 0.5) is 0 Å². The van der Waals surface area contributed by atoms with Crippen molar-refractivity contribution in [3.63, 3.8) is 0 Å². The fourth-order valence-electron chi connectivity index (χ4n) is 0.921. The molecule has 2 unspecified atom stereocenters. The van der Waals surface area contributed by atoms with E-state index in [4.69, 9.17) is 0 Å². The summed E-state index contributed by atoms with van der Waals surface area (Å²) in [5.74, 6) is -2.01. The van der Waals surface area contributed by atoms with Crippen molar-refractivity contribution < 1.29 is 38.1 Å². The van der Waals surface area contributed by atoms with Crippen molar-refractivity contribution in [1.29, 1.82) is 0 Å². The summed E-state index contributed by atoms with van der Waals surface area (Å²) in [4.78, 5) is 42.4.